The van der Waals surface area contributed by atoms with E-state index >= 15 is 0 Å². The number of carbonyl (C=O) groups is 1. The maximum absolute atomic E-state index is 13.6. The molecule has 1 aliphatic heterocycles. The summed E-state index contributed by atoms with van der Waals surface area (Å²) in [4.78, 5) is 23.4. The predicted octanol–water partition coefficient (Wildman–Crippen LogP) is 0.724. The maximum Gasteiger partial charge on any atom is 0.407 e. The van der Waals surface area contributed by atoms with Gasteiger partial charge in [-0.1, -0.05) is 5.92 Å². The lowest BCUT2D eigenvalue weighted by Gasteiger charge is -2.28. The molecule has 0 saturated carbocycles. The summed E-state index contributed by atoms with van der Waals surface area (Å²) in [6.45, 7) is 4.78. The molecule has 0 aromatic carbocycles. The number of fused-ring (bicyclic) bond motifs is 1. The largest absolute Gasteiger partial charge is 0.442 e. The van der Waals surface area contributed by atoms with Crippen LogP contribution in [-0.4, -0.2) is 54.6 Å². The Kier molecular flexibility index (Phi) is 4.86. The second-order valence-electron chi connectivity index (χ2n) is 7.47. The smallest absolute Gasteiger partial charge is 0.407 e. The van der Waals surface area contributed by atoms with E-state index in [0.29, 0.717) is 0 Å². The quantitative estimate of drug-likeness (QED) is 0.513. The van der Waals surface area contributed by atoms with Crippen molar-refractivity contribution in [3.05, 3.63) is 12.4 Å². The second kappa shape index (κ2) is 6.88. The molecule has 0 aliphatic carbocycles. The van der Waals surface area contributed by atoms with Crippen LogP contribution in [0.2, 0.25) is 0 Å². The van der Waals surface area contributed by atoms with Crippen molar-refractivity contribution < 1.29 is 23.8 Å². The highest BCUT2D eigenvalue weighted by molar-refractivity contribution is 5.81. The van der Waals surface area contributed by atoms with Gasteiger partial charge in [0.15, 0.2) is 28.7 Å². The molecule has 2 aromatic heterocycles. The van der Waals surface area contributed by atoms with Crippen LogP contribution in [-0.2, 0) is 9.47 Å². The second-order valence-corrected chi connectivity index (χ2v) is 7.47. The molecule has 4 N–H and O–H groups in total. The minimum Gasteiger partial charge on any atom is -0.442 e. The average molecular weight is 392 g/mol. The van der Waals surface area contributed by atoms with Gasteiger partial charge < -0.3 is 25.6 Å². The number of nitrogen functional groups attached to an aromatic ring is 1. The van der Waals surface area contributed by atoms with E-state index in [1.165, 1.54) is 10.9 Å². The fourth-order valence-corrected chi connectivity index (χ4v) is 2.95. The number of alkyl carbamates (subject to hydrolysis) is 1. The molecule has 150 valence electrons. The lowest BCUT2D eigenvalue weighted by atomic mass is 9.98. The maximum atomic E-state index is 13.6. The van der Waals surface area contributed by atoms with Gasteiger partial charge in [0, 0.05) is 12.0 Å². The van der Waals surface area contributed by atoms with E-state index in [4.69, 9.17) is 21.6 Å². The molecular weight excluding hydrogens is 371 g/mol. The molecule has 3 atom stereocenters. The van der Waals surface area contributed by atoms with Crippen LogP contribution in [0.4, 0.5) is 15.0 Å². The number of hydrogen-bond donors (Lipinski definition) is 3. The van der Waals surface area contributed by atoms with Gasteiger partial charge in [0.1, 0.15) is 6.23 Å². The van der Waals surface area contributed by atoms with E-state index in [-0.39, 0.29) is 23.4 Å². The molecule has 1 saturated heterocycles. The number of aliphatic hydroxyl groups excluding tert-OH is 1. The van der Waals surface area contributed by atoms with E-state index in [9.17, 15) is 14.3 Å². The third kappa shape index (κ3) is 3.56. The third-order valence-corrected chi connectivity index (χ3v) is 4.22. The zero-order valence-corrected chi connectivity index (χ0v) is 15.6. The normalized spacial score (nSPS) is 24.9. The van der Waals surface area contributed by atoms with Gasteiger partial charge in [-0.15, -0.1) is 6.42 Å². The van der Waals surface area contributed by atoms with Crippen molar-refractivity contribution in [3.8, 4) is 12.3 Å². The number of carbonyl (C=O) groups excluding carboxylic acids is 1. The first-order chi connectivity index (χ1) is 13.1. The number of amides is 1. The molecule has 1 aliphatic rings. The van der Waals surface area contributed by atoms with Crippen LogP contribution < -0.4 is 11.1 Å². The van der Waals surface area contributed by atoms with E-state index in [0.717, 1.165) is 0 Å². The number of hydrogen-bond acceptors (Lipinski definition) is 8. The third-order valence-electron chi connectivity index (χ3n) is 4.22. The van der Waals surface area contributed by atoms with Gasteiger partial charge in [0.2, 0.25) is 0 Å². The number of rotatable bonds is 3. The molecule has 0 radical (unpaired) electrons. The Morgan fingerprint density at radius 1 is 1.61 bits per heavy atom. The Bertz CT molecular complexity index is 949. The zero-order chi connectivity index (χ0) is 20.7. The topological polar surface area (TPSA) is 137 Å². The lowest BCUT2D eigenvalue weighted by Crippen LogP contribution is -2.48. The first kappa shape index (κ1) is 19.8. The molecule has 0 unspecified atom stereocenters. The first-order valence-corrected chi connectivity index (χ1v) is 8.49. The summed E-state index contributed by atoms with van der Waals surface area (Å²) >= 11 is 0. The number of imidazole rings is 1. The fraction of sp³-hybridized carbons (Fsp3) is 0.529. The van der Waals surface area contributed by atoms with Crippen LogP contribution in [0.1, 0.15) is 33.4 Å². The summed E-state index contributed by atoms with van der Waals surface area (Å²) in [5.74, 6) is 2.24. The van der Waals surface area contributed by atoms with Gasteiger partial charge in [-0.3, -0.25) is 4.57 Å². The van der Waals surface area contributed by atoms with Crippen molar-refractivity contribution in [2.75, 3.05) is 12.3 Å². The van der Waals surface area contributed by atoms with E-state index in [1.54, 1.807) is 20.8 Å². The van der Waals surface area contributed by atoms with Gasteiger partial charge in [-0.2, -0.15) is 14.4 Å². The molecular formula is C17H21FN6O4. The van der Waals surface area contributed by atoms with Gasteiger partial charge in [0.05, 0.1) is 12.9 Å². The average Bonchev–Trinajstić information content (AvgIpc) is 3.15. The Labute approximate surface area is 160 Å². The minimum atomic E-state index is -1.58. The minimum absolute atomic E-state index is 0.0826. The van der Waals surface area contributed by atoms with Crippen molar-refractivity contribution in [2.45, 2.75) is 50.7 Å². The molecule has 11 heteroatoms. The number of nitrogens with one attached hydrogen (secondary N) is 1. The van der Waals surface area contributed by atoms with Crippen molar-refractivity contribution in [1.82, 2.24) is 24.8 Å². The van der Waals surface area contributed by atoms with Crippen LogP contribution in [0.5, 0.6) is 0 Å². The summed E-state index contributed by atoms with van der Waals surface area (Å²) < 4.78 is 26.3. The summed E-state index contributed by atoms with van der Waals surface area (Å²) in [6, 6.07) is 0. The van der Waals surface area contributed by atoms with Crippen LogP contribution in [0, 0.1) is 18.4 Å². The van der Waals surface area contributed by atoms with Crippen molar-refractivity contribution in [1.29, 1.82) is 0 Å². The summed E-state index contributed by atoms with van der Waals surface area (Å²) in [5, 5.41) is 12.5. The number of nitrogens with zero attached hydrogens (tertiary/aromatic N) is 4. The number of halogens is 1. The van der Waals surface area contributed by atoms with Crippen LogP contribution in [0.25, 0.3) is 11.2 Å². The van der Waals surface area contributed by atoms with Crippen molar-refractivity contribution in [2.24, 2.45) is 0 Å². The highest BCUT2D eigenvalue weighted by atomic mass is 19.1. The van der Waals surface area contributed by atoms with E-state index in [1.807, 2.05) is 0 Å². The standard InChI is InChI=1S/C17H21FN6O4/c1-5-17(7-25)9(27-15(26)23-16(2,3)4)6-10(28-17)24-8-20-11-12(19)21-14(18)22-13(11)24/h1,8-10,25H,6-7H2,2-4H3,(H,23,26)(H2,19,21,22)/t9-,10+,17+/m0/s1. The Balaban J connectivity index is 1.91. The predicted molar refractivity (Wildman–Crippen MR) is 96.2 cm³/mol. The molecule has 1 fully saturated rings. The van der Waals surface area contributed by atoms with Crippen molar-refractivity contribution in [3.63, 3.8) is 0 Å². The number of nitrogens with two attached hydrogens (primary N) is 1. The lowest BCUT2D eigenvalue weighted by molar-refractivity contribution is -0.0911. The highest BCUT2D eigenvalue weighted by Crippen LogP contribution is 2.39. The number of aliphatic hydroxyl groups is 1. The molecule has 0 bridgehead atoms. The van der Waals surface area contributed by atoms with Crippen LogP contribution in [0.3, 0.4) is 0 Å². The summed E-state index contributed by atoms with van der Waals surface area (Å²) in [7, 11) is 0. The molecule has 3 rings (SSSR count). The Hall–Kier alpha value is -2.97. The number of anilines is 1. The summed E-state index contributed by atoms with van der Waals surface area (Å²) in [6.07, 6.45) is 3.49. The van der Waals surface area contributed by atoms with Gasteiger partial charge in [-0.05, 0) is 20.8 Å². The molecule has 2 aromatic rings. The fourth-order valence-electron chi connectivity index (χ4n) is 2.95. The highest BCUT2D eigenvalue weighted by Gasteiger charge is 2.51. The molecule has 3 heterocycles. The van der Waals surface area contributed by atoms with Crippen LogP contribution in [0.15, 0.2) is 6.33 Å². The zero-order valence-electron chi connectivity index (χ0n) is 15.6. The molecule has 1 amide bonds. The number of ether oxygens (including phenoxy) is 2. The Morgan fingerprint density at radius 2 is 2.32 bits per heavy atom. The van der Waals surface area contributed by atoms with Gasteiger partial charge >= 0.3 is 12.2 Å². The SMILES string of the molecule is C#C[C@]1(CO)O[C@@H](n2cnc3c(N)nc(F)nc32)C[C@@H]1OC(=O)NC(C)(C)C. The number of aromatic nitrogens is 4. The monoisotopic (exact) mass is 392 g/mol. The van der Waals surface area contributed by atoms with E-state index in [2.05, 4.69) is 26.2 Å². The van der Waals surface area contributed by atoms with Gasteiger partial charge in [-0.25, -0.2) is 9.78 Å². The van der Waals surface area contributed by atoms with Crippen LogP contribution >= 0.6 is 0 Å². The van der Waals surface area contributed by atoms with Crippen molar-refractivity contribution >= 4 is 23.1 Å². The molecule has 0 spiro atoms. The Morgan fingerprint density at radius 3 is 2.93 bits per heavy atom. The molecule has 10 nitrogen and oxygen atoms in total. The van der Waals surface area contributed by atoms with E-state index < -0.39 is 42.3 Å². The van der Waals surface area contributed by atoms with Gasteiger partial charge in [0.25, 0.3) is 0 Å². The summed E-state index contributed by atoms with van der Waals surface area (Å²) in [5.41, 5.74) is 3.85. The molecule has 28 heavy (non-hydrogen) atoms. The number of terminal acetylenes is 1. The first-order valence-electron chi connectivity index (χ1n) is 8.49.